The minimum Gasteiger partial charge on any atom is -0.294 e. The molecule has 2 nitrogen and oxygen atoms in total. The maximum Gasteiger partial charge on any atom is 0.0158 e. The Labute approximate surface area is 182 Å². The average molecular weight is 403 g/mol. The lowest BCUT2D eigenvalue weighted by Crippen LogP contribution is -2.48. The molecule has 0 radical (unpaired) electrons. The molecule has 2 aliphatic heterocycles. The maximum absolute atomic E-state index is 2.99. The van der Waals surface area contributed by atoms with E-state index in [0.717, 1.165) is 59.8 Å². The van der Waals surface area contributed by atoms with E-state index in [1.54, 1.807) is 0 Å². The van der Waals surface area contributed by atoms with Crippen LogP contribution in [-0.2, 0) is 0 Å². The standard InChI is InChI=1S/C27H50N2/c1-17(2)25-16-23-13-12-22(27(23)29(25)19(5)6)14-20(7)26-15-21-10-8-9-11-24(21)28(26)18(3)4/h17-27H,8-16H2,1-7H3/t20?,21?,22?,23?,24-,25-,26-,27-/m0/s1. The van der Waals surface area contributed by atoms with Gasteiger partial charge in [0.05, 0.1) is 0 Å². The van der Waals surface area contributed by atoms with Gasteiger partial charge >= 0.3 is 0 Å². The van der Waals surface area contributed by atoms with E-state index in [4.69, 9.17) is 0 Å². The summed E-state index contributed by atoms with van der Waals surface area (Å²) in [6.45, 7) is 17.4. The van der Waals surface area contributed by atoms with E-state index in [0.29, 0.717) is 6.04 Å². The first-order chi connectivity index (χ1) is 13.8. The first-order valence-electron chi connectivity index (χ1n) is 13.3. The molecule has 2 saturated carbocycles. The zero-order valence-corrected chi connectivity index (χ0v) is 20.6. The van der Waals surface area contributed by atoms with Crippen molar-refractivity contribution in [1.82, 2.24) is 9.80 Å². The Morgan fingerprint density at radius 3 is 2.00 bits per heavy atom. The van der Waals surface area contributed by atoms with Gasteiger partial charge in [-0.2, -0.15) is 0 Å². The van der Waals surface area contributed by atoms with E-state index in [-0.39, 0.29) is 0 Å². The zero-order chi connectivity index (χ0) is 20.9. The van der Waals surface area contributed by atoms with E-state index in [9.17, 15) is 0 Å². The Hall–Kier alpha value is -0.0800. The number of hydrogen-bond donors (Lipinski definition) is 0. The zero-order valence-electron chi connectivity index (χ0n) is 20.6. The molecule has 0 aromatic heterocycles. The lowest BCUT2D eigenvalue weighted by atomic mass is 9.82. The topological polar surface area (TPSA) is 6.48 Å². The van der Waals surface area contributed by atoms with Crippen molar-refractivity contribution in [2.75, 3.05) is 0 Å². The first-order valence-corrected chi connectivity index (χ1v) is 13.3. The summed E-state index contributed by atoms with van der Waals surface area (Å²) < 4.78 is 0. The van der Waals surface area contributed by atoms with Gasteiger partial charge in [0, 0.05) is 36.3 Å². The molecule has 2 aliphatic carbocycles. The van der Waals surface area contributed by atoms with Gasteiger partial charge in [-0.15, -0.1) is 0 Å². The quantitative estimate of drug-likeness (QED) is 0.494. The second kappa shape index (κ2) is 8.81. The van der Waals surface area contributed by atoms with Gasteiger partial charge < -0.3 is 0 Å². The van der Waals surface area contributed by atoms with Crippen molar-refractivity contribution in [2.45, 2.75) is 143 Å². The van der Waals surface area contributed by atoms with Crippen LogP contribution in [0.25, 0.3) is 0 Å². The molecule has 0 aromatic carbocycles. The van der Waals surface area contributed by atoms with Crippen molar-refractivity contribution < 1.29 is 0 Å². The van der Waals surface area contributed by atoms with Crippen LogP contribution in [-0.4, -0.2) is 46.1 Å². The molecule has 4 unspecified atom stereocenters. The molecular weight excluding hydrogens is 352 g/mol. The minimum atomic E-state index is 0.704. The van der Waals surface area contributed by atoms with Gasteiger partial charge in [0.2, 0.25) is 0 Å². The molecule has 0 aromatic rings. The highest BCUT2D eigenvalue weighted by molar-refractivity contribution is 5.05. The molecule has 0 spiro atoms. The summed E-state index contributed by atoms with van der Waals surface area (Å²) in [5.74, 6) is 4.58. The summed E-state index contributed by atoms with van der Waals surface area (Å²) in [6, 6.07) is 4.87. The molecule has 4 fully saturated rings. The largest absolute Gasteiger partial charge is 0.294 e. The third-order valence-electron chi connectivity index (χ3n) is 9.62. The van der Waals surface area contributed by atoms with Crippen molar-refractivity contribution in [2.24, 2.45) is 29.6 Å². The highest BCUT2D eigenvalue weighted by Crippen LogP contribution is 2.50. The molecule has 2 heterocycles. The van der Waals surface area contributed by atoms with Gasteiger partial charge in [-0.25, -0.2) is 0 Å². The van der Waals surface area contributed by atoms with Crippen LogP contribution in [0.5, 0.6) is 0 Å². The fourth-order valence-electron chi connectivity index (χ4n) is 8.61. The molecule has 4 aliphatic rings. The van der Waals surface area contributed by atoms with Gasteiger partial charge in [0.25, 0.3) is 0 Å². The fraction of sp³-hybridized carbons (Fsp3) is 1.00. The number of likely N-dealkylation sites (tertiary alicyclic amines) is 2. The summed E-state index contributed by atoms with van der Waals surface area (Å²) in [7, 11) is 0. The van der Waals surface area contributed by atoms with Crippen LogP contribution >= 0.6 is 0 Å². The number of fused-ring (bicyclic) bond motifs is 2. The number of rotatable bonds is 6. The summed E-state index contributed by atoms with van der Waals surface area (Å²) >= 11 is 0. The predicted octanol–water partition coefficient (Wildman–Crippen LogP) is 6.59. The fourth-order valence-corrected chi connectivity index (χ4v) is 8.61. The molecule has 4 rings (SSSR count). The third-order valence-corrected chi connectivity index (χ3v) is 9.62. The Balaban J connectivity index is 1.47. The summed E-state index contributed by atoms with van der Waals surface area (Å²) in [5.41, 5.74) is 0. The van der Waals surface area contributed by atoms with Crippen LogP contribution < -0.4 is 0 Å². The molecule has 2 saturated heterocycles. The maximum atomic E-state index is 2.99. The Morgan fingerprint density at radius 2 is 1.34 bits per heavy atom. The van der Waals surface area contributed by atoms with Crippen LogP contribution in [0.4, 0.5) is 0 Å². The Bertz CT molecular complexity index is 541. The van der Waals surface area contributed by atoms with E-state index < -0.39 is 0 Å². The molecule has 0 N–H and O–H groups in total. The monoisotopic (exact) mass is 402 g/mol. The van der Waals surface area contributed by atoms with Crippen molar-refractivity contribution in [3.63, 3.8) is 0 Å². The van der Waals surface area contributed by atoms with Crippen molar-refractivity contribution >= 4 is 0 Å². The van der Waals surface area contributed by atoms with Crippen molar-refractivity contribution in [3.05, 3.63) is 0 Å². The van der Waals surface area contributed by atoms with Crippen LogP contribution in [0.2, 0.25) is 0 Å². The molecule has 2 heteroatoms. The van der Waals surface area contributed by atoms with E-state index >= 15 is 0 Å². The Morgan fingerprint density at radius 1 is 0.690 bits per heavy atom. The summed E-state index contributed by atoms with van der Waals surface area (Å²) in [6.07, 6.45) is 13.4. The van der Waals surface area contributed by atoms with Gasteiger partial charge in [-0.3, -0.25) is 9.80 Å². The predicted molar refractivity (Wildman–Crippen MR) is 125 cm³/mol. The van der Waals surface area contributed by atoms with E-state index in [1.165, 1.54) is 57.8 Å². The second-order valence-corrected chi connectivity index (χ2v) is 12.3. The molecular formula is C27H50N2. The van der Waals surface area contributed by atoms with Gasteiger partial charge in [0.1, 0.15) is 0 Å². The first kappa shape index (κ1) is 22.1. The van der Waals surface area contributed by atoms with Gasteiger partial charge in [0.15, 0.2) is 0 Å². The number of nitrogens with zero attached hydrogens (tertiary/aromatic N) is 2. The van der Waals surface area contributed by atoms with Crippen molar-refractivity contribution in [1.29, 1.82) is 0 Å². The normalized spacial score (nSPS) is 42.2. The molecule has 0 amide bonds. The highest BCUT2D eigenvalue weighted by Gasteiger charge is 2.51. The molecule has 29 heavy (non-hydrogen) atoms. The van der Waals surface area contributed by atoms with Crippen molar-refractivity contribution in [3.8, 4) is 0 Å². The highest BCUT2D eigenvalue weighted by atomic mass is 15.3. The van der Waals surface area contributed by atoms with E-state index in [1.807, 2.05) is 0 Å². The molecule has 168 valence electrons. The van der Waals surface area contributed by atoms with Crippen LogP contribution in [0.1, 0.15) is 106 Å². The lowest BCUT2D eigenvalue weighted by Gasteiger charge is -2.41. The van der Waals surface area contributed by atoms with Gasteiger partial charge in [-0.1, -0.05) is 33.6 Å². The second-order valence-electron chi connectivity index (χ2n) is 12.3. The smallest absolute Gasteiger partial charge is 0.0158 e. The van der Waals surface area contributed by atoms with Gasteiger partial charge in [-0.05, 0) is 102 Å². The lowest BCUT2D eigenvalue weighted by molar-refractivity contribution is 0.0617. The average Bonchev–Trinajstić information content (AvgIpc) is 3.33. The van der Waals surface area contributed by atoms with Crippen LogP contribution in [0, 0.1) is 29.6 Å². The van der Waals surface area contributed by atoms with E-state index in [2.05, 4.69) is 58.3 Å². The SMILES string of the molecule is CC(C)[C@@H]1CC2CCC(CC(C)[C@@H]3CC4CCCC[C@@H]4N3C(C)C)[C@@H]2N1C(C)C. The third kappa shape index (κ3) is 4.07. The molecule has 0 bridgehead atoms. The van der Waals surface area contributed by atoms with Crippen LogP contribution in [0.3, 0.4) is 0 Å². The van der Waals surface area contributed by atoms with Crippen LogP contribution in [0.15, 0.2) is 0 Å². The summed E-state index contributed by atoms with van der Waals surface area (Å²) in [5, 5.41) is 0. The molecule has 8 atom stereocenters. The summed E-state index contributed by atoms with van der Waals surface area (Å²) in [4.78, 5) is 5.97. The minimum absolute atomic E-state index is 0.704. The number of hydrogen-bond acceptors (Lipinski definition) is 2. The Kier molecular flexibility index (Phi) is 6.72.